The first-order chi connectivity index (χ1) is 16.0. The van der Waals surface area contributed by atoms with Crippen LogP contribution in [0.4, 0.5) is 16.5 Å². The van der Waals surface area contributed by atoms with Gasteiger partial charge in [0.25, 0.3) is 11.6 Å². The van der Waals surface area contributed by atoms with Crippen molar-refractivity contribution in [2.45, 2.75) is 0 Å². The number of benzene rings is 2. The summed E-state index contributed by atoms with van der Waals surface area (Å²) < 4.78 is 5.13. The molecule has 0 fully saturated rings. The van der Waals surface area contributed by atoms with Crippen LogP contribution in [0.5, 0.6) is 0 Å². The van der Waals surface area contributed by atoms with Crippen LogP contribution in [0.1, 0.15) is 16.1 Å². The monoisotopic (exact) mass is 461 g/mol. The van der Waals surface area contributed by atoms with Crippen molar-refractivity contribution in [2.75, 3.05) is 10.6 Å². The molecule has 2 heterocycles. The summed E-state index contributed by atoms with van der Waals surface area (Å²) in [6, 6.07) is 15.7. The molecule has 0 spiro atoms. The largest absolute Gasteiger partial charge is 0.465 e. The number of hydrogen-bond donors (Lipinski definition) is 2. The highest BCUT2D eigenvalue weighted by Gasteiger charge is 2.13. The third-order valence-electron chi connectivity index (χ3n) is 4.30. The van der Waals surface area contributed by atoms with Gasteiger partial charge in [-0.25, -0.2) is 0 Å². The highest BCUT2D eigenvalue weighted by atomic mass is 32.1. The second-order valence-electron chi connectivity index (χ2n) is 6.59. The molecule has 11 heteroatoms. The van der Waals surface area contributed by atoms with Crippen molar-refractivity contribution < 1.29 is 18.9 Å². The topological polar surface area (TPSA) is 140 Å². The Morgan fingerprint density at radius 3 is 2.58 bits per heavy atom. The molecule has 0 saturated carbocycles. The van der Waals surface area contributed by atoms with Crippen LogP contribution in [-0.4, -0.2) is 26.9 Å². The molecule has 2 aromatic carbocycles. The summed E-state index contributed by atoms with van der Waals surface area (Å²) >= 11 is 1.13. The molecule has 0 aliphatic carbocycles. The van der Waals surface area contributed by atoms with Crippen LogP contribution in [0.3, 0.4) is 0 Å². The van der Waals surface area contributed by atoms with Crippen LogP contribution in [0.25, 0.3) is 16.6 Å². The highest BCUT2D eigenvalue weighted by molar-refractivity contribution is 7.18. The Morgan fingerprint density at radius 1 is 1.03 bits per heavy atom. The SMILES string of the molecule is O=C(/C=C/c1ccco1)Nc1cccc(C(=O)Nc2nnc(-c3ccc([N+](=O)[O-])cc3)s2)c1. The van der Waals surface area contributed by atoms with Gasteiger partial charge in [0.1, 0.15) is 10.8 Å². The number of amides is 2. The van der Waals surface area contributed by atoms with E-state index in [9.17, 15) is 19.7 Å². The number of nitro benzene ring substituents is 1. The van der Waals surface area contributed by atoms with E-state index in [0.717, 1.165) is 11.3 Å². The van der Waals surface area contributed by atoms with E-state index in [1.807, 2.05) is 0 Å². The predicted molar refractivity (Wildman–Crippen MR) is 123 cm³/mol. The average Bonchev–Trinajstić information content (AvgIpc) is 3.50. The van der Waals surface area contributed by atoms with Gasteiger partial charge in [-0.3, -0.25) is 25.0 Å². The number of nitro groups is 1. The maximum absolute atomic E-state index is 12.6. The molecule has 2 N–H and O–H groups in total. The van der Waals surface area contributed by atoms with Crippen LogP contribution in [0, 0.1) is 10.1 Å². The summed E-state index contributed by atoms with van der Waals surface area (Å²) in [6.45, 7) is 0. The molecular weight excluding hydrogens is 446 g/mol. The van der Waals surface area contributed by atoms with Crippen LogP contribution in [-0.2, 0) is 4.79 Å². The second-order valence-corrected chi connectivity index (χ2v) is 7.57. The van der Waals surface area contributed by atoms with Crippen LogP contribution in [0.2, 0.25) is 0 Å². The Morgan fingerprint density at radius 2 is 1.85 bits per heavy atom. The van der Waals surface area contributed by atoms with E-state index in [1.165, 1.54) is 36.6 Å². The Bertz CT molecular complexity index is 1330. The molecule has 2 amide bonds. The molecule has 10 nitrogen and oxygen atoms in total. The molecule has 0 saturated heterocycles. The quantitative estimate of drug-likeness (QED) is 0.233. The second kappa shape index (κ2) is 9.66. The molecule has 2 aromatic heterocycles. The molecule has 0 aliphatic heterocycles. The first kappa shape index (κ1) is 21.6. The molecule has 0 unspecified atom stereocenters. The first-order valence-electron chi connectivity index (χ1n) is 9.50. The minimum absolute atomic E-state index is 0.0276. The number of furan rings is 1. The number of carbonyl (C=O) groups is 2. The van der Waals surface area contributed by atoms with Crippen molar-refractivity contribution in [1.82, 2.24) is 10.2 Å². The van der Waals surface area contributed by atoms with Crippen molar-refractivity contribution in [3.8, 4) is 10.6 Å². The van der Waals surface area contributed by atoms with E-state index >= 15 is 0 Å². The van der Waals surface area contributed by atoms with E-state index < -0.39 is 10.8 Å². The molecule has 4 aromatic rings. The molecule has 0 bridgehead atoms. The smallest absolute Gasteiger partial charge is 0.269 e. The number of nitrogens with zero attached hydrogens (tertiary/aromatic N) is 3. The number of hydrogen-bond acceptors (Lipinski definition) is 8. The Labute approximate surface area is 190 Å². The van der Waals surface area contributed by atoms with Gasteiger partial charge in [0.15, 0.2) is 0 Å². The zero-order valence-corrected chi connectivity index (χ0v) is 17.6. The summed E-state index contributed by atoms with van der Waals surface area (Å²) in [5.74, 6) is -0.257. The average molecular weight is 461 g/mol. The minimum atomic E-state index is -0.485. The zero-order valence-electron chi connectivity index (χ0n) is 16.8. The van der Waals surface area contributed by atoms with Gasteiger partial charge in [0.05, 0.1) is 11.2 Å². The lowest BCUT2D eigenvalue weighted by molar-refractivity contribution is -0.384. The van der Waals surface area contributed by atoms with Crippen LogP contribution >= 0.6 is 11.3 Å². The highest BCUT2D eigenvalue weighted by Crippen LogP contribution is 2.28. The van der Waals surface area contributed by atoms with Gasteiger partial charge in [0.2, 0.25) is 11.0 Å². The molecule has 0 atom stereocenters. The fourth-order valence-electron chi connectivity index (χ4n) is 2.75. The van der Waals surface area contributed by atoms with E-state index in [0.29, 0.717) is 27.6 Å². The summed E-state index contributed by atoms with van der Waals surface area (Å²) in [4.78, 5) is 35.0. The lowest BCUT2D eigenvalue weighted by Crippen LogP contribution is -2.13. The third kappa shape index (κ3) is 5.54. The number of aromatic nitrogens is 2. The number of non-ortho nitro benzene ring substituents is 1. The van der Waals surface area contributed by atoms with Crippen molar-refractivity contribution in [3.63, 3.8) is 0 Å². The molecule has 0 aliphatic rings. The van der Waals surface area contributed by atoms with Gasteiger partial charge < -0.3 is 9.73 Å². The lowest BCUT2D eigenvalue weighted by atomic mass is 10.2. The van der Waals surface area contributed by atoms with E-state index in [2.05, 4.69) is 20.8 Å². The molecule has 164 valence electrons. The van der Waals surface area contributed by atoms with E-state index in [1.54, 1.807) is 42.5 Å². The van der Waals surface area contributed by atoms with Crippen LogP contribution < -0.4 is 10.6 Å². The van der Waals surface area contributed by atoms with Gasteiger partial charge in [0, 0.05) is 35.0 Å². The van der Waals surface area contributed by atoms with Crippen molar-refractivity contribution in [2.24, 2.45) is 0 Å². The van der Waals surface area contributed by atoms with Gasteiger partial charge >= 0.3 is 0 Å². The number of nitrogens with one attached hydrogen (secondary N) is 2. The zero-order chi connectivity index (χ0) is 23.2. The normalized spacial score (nSPS) is 10.8. The molecule has 4 rings (SSSR count). The maximum atomic E-state index is 12.6. The molecular formula is C22H15N5O5S. The fraction of sp³-hybridized carbons (Fsp3) is 0. The van der Waals surface area contributed by atoms with Gasteiger partial charge in [-0.2, -0.15) is 0 Å². The maximum Gasteiger partial charge on any atom is 0.269 e. The summed E-state index contributed by atoms with van der Waals surface area (Å²) in [5.41, 5.74) is 1.38. The minimum Gasteiger partial charge on any atom is -0.465 e. The third-order valence-corrected chi connectivity index (χ3v) is 5.19. The van der Waals surface area contributed by atoms with E-state index in [4.69, 9.17) is 4.42 Å². The van der Waals surface area contributed by atoms with Crippen LogP contribution in [0.15, 0.2) is 77.4 Å². The van der Waals surface area contributed by atoms with Crippen molar-refractivity contribution in [3.05, 3.63) is 94.4 Å². The van der Waals surface area contributed by atoms with E-state index in [-0.39, 0.29) is 16.7 Å². The summed E-state index contributed by atoms with van der Waals surface area (Å²) in [6.07, 6.45) is 4.36. The number of carbonyl (C=O) groups excluding carboxylic acids is 2. The summed E-state index contributed by atoms with van der Waals surface area (Å²) in [5, 5.41) is 24.9. The van der Waals surface area contributed by atoms with Gasteiger partial charge in [-0.05, 0) is 48.5 Å². The Hall–Kier alpha value is -4.64. The predicted octanol–water partition coefficient (Wildman–Crippen LogP) is 4.61. The first-order valence-corrected chi connectivity index (χ1v) is 10.3. The van der Waals surface area contributed by atoms with Gasteiger partial charge in [-0.1, -0.05) is 17.4 Å². The van der Waals surface area contributed by atoms with Gasteiger partial charge in [-0.15, -0.1) is 10.2 Å². The molecule has 0 radical (unpaired) electrons. The van der Waals surface area contributed by atoms with Crippen molar-refractivity contribution >= 4 is 45.7 Å². The number of anilines is 2. The fourth-order valence-corrected chi connectivity index (χ4v) is 3.50. The number of rotatable bonds is 7. The Kier molecular flexibility index (Phi) is 6.32. The standard InChI is InChI=1S/C22H15N5O5S/c28-19(11-10-18-5-2-12-32-18)23-16-4-1-3-15(13-16)20(29)24-22-26-25-21(33-22)14-6-8-17(9-7-14)27(30)31/h1-13H,(H,23,28)(H,24,26,29)/b11-10+. The Balaban J connectivity index is 1.40. The summed E-state index contributed by atoms with van der Waals surface area (Å²) in [7, 11) is 0. The lowest BCUT2D eigenvalue weighted by Gasteiger charge is -2.05. The molecule has 33 heavy (non-hydrogen) atoms. The van der Waals surface area contributed by atoms with Crippen molar-refractivity contribution in [1.29, 1.82) is 0 Å².